The van der Waals surface area contributed by atoms with Gasteiger partial charge in [-0.15, -0.1) is 0 Å². The fourth-order valence-corrected chi connectivity index (χ4v) is 1.28. The van der Waals surface area contributed by atoms with E-state index in [4.69, 9.17) is 10.00 Å². The number of nitrogens with one attached hydrogen (secondary N) is 2. The van der Waals surface area contributed by atoms with E-state index >= 15 is 0 Å². The number of carbonyl (C=O) groups is 2. The summed E-state index contributed by atoms with van der Waals surface area (Å²) in [5, 5.41) is 12.8. The van der Waals surface area contributed by atoms with Crippen molar-refractivity contribution < 1.29 is 14.3 Å². The summed E-state index contributed by atoms with van der Waals surface area (Å²) in [5.74, 6) is -0.973. The van der Waals surface area contributed by atoms with Crippen molar-refractivity contribution in [2.75, 3.05) is 11.9 Å². The molecule has 2 N–H and O–H groups in total. The van der Waals surface area contributed by atoms with Gasteiger partial charge in [-0.1, -0.05) is 0 Å². The maximum atomic E-state index is 11.4. The molecule has 6 nitrogen and oxygen atoms in total. The highest BCUT2D eigenvalue weighted by Gasteiger charge is 2.12. The average Bonchev–Trinajstić information content (AvgIpc) is 2.37. The molecule has 0 fully saturated rings. The van der Waals surface area contributed by atoms with Gasteiger partial charge in [-0.05, 0) is 38.1 Å². The first-order chi connectivity index (χ1) is 9.02. The third kappa shape index (κ3) is 5.08. The van der Waals surface area contributed by atoms with Crippen molar-refractivity contribution in [3.63, 3.8) is 0 Å². The Morgan fingerprint density at radius 2 is 1.89 bits per heavy atom. The van der Waals surface area contributed by atoms with Gasteiger partial charge in [0.15, 0.2) is 0 Å². The van der Waals surface area contributed by atoms with E-state index < -0.39 is 11.8 Å². The zero-order valence-corrected chi connectivity index (χ0v) is 10.8. The number of hydrogen-bond donors (Lipinski definition) is 2. The maximum absolute atomic E-state index is 11.4. The van der Waals surface area contributed by atoms with Gasteiger partial charge >= 0.3 is 11.8 Å². The zero-order chi connectivity index (χ0) is 14.3. The summed E-state index contributed by atoms with van der Waals surface area (Å²) in [7, 11) is 0. The fraction of sp³-hybridized carbons (Fsp3) is 0.308. The molecule has 0 saturated carbocycles. The second-order valence-corrected chi connectivity index (χ2v) is 3.99. The zero-order valence-electron chi connectivity index (χ0n) is 10.8. The van der Waals surface area contributed by atoms with Crippen molar-refractivity contribution in [1.29, 1.82) is 5.26 Å². The molecule has 0 heterocycles. The van der Waals surface area contributed by atoms with Crippen molar-refractivity contribution in [1.82, 2.24) is 5.32 Å². The van der Waals surface area contributed by atoms with Gasteiger partial charge in [0.25, 0.3) is 0 Å². The van der Waals surface area contributed by atoms with E-state index in [1.165, 1.54) is 0 Å². The van der Waals surface area contributed by atoms with E-state index in [-0.39, 0.29) is 12.6 Å². The van der Waals surface area contributed by atoms with Gasteiger partial charge in [0.2, 0.25) is 0 Å². The molecule has 0 aliphatic rings. The third-order valence-corrected chi connectivity index (χ3v) is 2.02. The highest BCUT2D eigenvalue weighted by atomic mass is 16.5. The van der Waals surface area contributed by atoms with Gasteiger partial charge in [0.05, 0.1) is 12.2 Å². The second kappa shape index (κ2) is 7.01. The molecule has 0 aliphatic heterocycles. The first-order valence-corrected chi connectivity index (χ1v) is 5.75. The molecule has 0 atom stereocenters. The van der Waals surface area contributed by atoms with E-state index in [1.807, 2.05) is 13.8 Å². The van der Waals surface area contributed by atoms with Crippen LogP contribution in [0.4, 0.5) is 5.69 Å². The quantitative estimate of drug-likeness (QED) is 0.626. The molecule has 19 heavy (non-hydrogen) atoms. The Kier molecular flexibility index (Phi) is 5.35. The minimum atomic E-state index is -0.843. The van der Waals surface area contributed by atoms with Gasteiger partial charge in [-0.25, -0.2) is 0 Å². The molecule has 0 spiro atoms. The fourth-order valence-electron chi connectivity index (χ4n) is 1.28. The van der Waals surface area contributed by atoms with Crippen molar-refractivity contribution in [2.24, 2.45) is 0 Å². The Morgan fingerprint density at radius 1 is 1.26 bits per heavy atom. The lowest BCUT2D eigenvalue weighted by atomic mass is 10.3. The third-order valence-electron chi connectivity index (χ3n) is 2.02. The van der Waals surface area contributed by atoms with Crippen LogP contribution in [0.1, 0.15) is 13.8 Å². The number of nitriles is 1. The number of carbonyl (C=O) groups excluding carboxylic acids is 2. The van der Waals surface area contributed by atoms with Gasteiger partial charge in [-0.2, -0.15) is 5.26 Å². The molecule has 0 radical (unpaired) electrons. The van der Waals surface area contributed by atoms with Crippen LogP contribution in [-0.2, 0) is 9.59 Å². The summed E-state index contributed by atoms with van der Waals surface area (Å²) in [6.45, 7) is 3.62. The average molecular weight is 261 g/mol. The standard InChI is InChI=1S/C13H15N3O3/c1-9(2)19-11-5-3-10(4-6-11)16-13(18)12(17)15-8-7-14/h3-6,9H,8H2,1-2H3,(H,15,17)(H,16,18). The van der Waals surface area contributed by atoms with E-state index in [0.29, 0.717) is 11.4 Å². The van der Waals surface area contributed by atoms with Crippen molar-refractivity contribution >= 4 is 17.5 Å². The number of hydrogen-bond acceptors (Lipinski definition) is 4. The molecule has 0 bridgehead atoms. The molecule has 1 aromatic carbocycles. The number of nitrogens with zero attached hydrogens (tertiary/aromatic N) is 1. The number of ether oxygens (including phenoxy) is 1. The van der Waals surface area contributed by atoms with Gasteiger partial charge in [0, 0.05) is 5.69 Å². The normalized spacial score (nSPS) is 9.58. The van der Waals surface area contributed by atoms with Crippen LogP contribution >= 0.6 is 0 Å². The molecule has 1 aromatic rings. The molecule has 0 saturated heterocycles. The minimum absolute atomic E-state index is 0.0669. The number of anilines is 1. The van der Waals surface area contributed by atoms with Crippen LogP contribution in [0, 0.1) is 11.3 Å². The van der Waals surface area contributed by atoms with Crippen LogP contribution in [0.5, 0.6) is 5.75 Å². The summed E-state index contributed by atoms with van der Waals surface area (Å²) >= 11 is 0. The van der Waals surface area contributed by atoms with Gasteiger partial charge < -0.3 is 15.4 Å². The van der Waals surface area contributed by atoms with E-state index in [9.17, 15) is 9.59 Å². The number of amides is 2. The maximum Gasteiger partial charge on any atom is 0.313 e. The Balaban J connectivity index is 2.56. The summed E-state index contributed by atoms with van der Waals surface area (Å²) in [5.41, 5.74) is 0.480. The topological polar surface area (TPSA) is 91.2 Å². The first kappa shape index (κ1) is 14.5. The van der Waals surface area contributed by atoms with Gasteiger partial charge in [0.1, 0.15) is 12.3 Å². The Labute approximate surface area is 111 Å². The molecule has 100 valence electrons. The van der Waals surface area contributed by atoms with Crippen molar-refractivity contribution in [2.45, 2.75) is 20.0 Å². The van der Waals surface area contributed by atoms with Crippen LogP contribution in [0.25, 0.3) is 0 Å². The Hall–Kier alpha value is -2.55. The largest absolute Gasteiger partial charge is 0.491 e. The van der Waals surface area contributed by atoms with E-state index in [0.717, 1.165) is 0 Å². The highest BCUT2D eigenvalue weighted by Crippen LogP contribution is 2.16. The van der Waals surface area contributed by atoms with Crippen molar-refractivity contribution in [3.8, 4) is 11.8 Å². The number of rotatable bonds is 4. The second-order valence-electron chi connectivity index (χ2n) is 3.99. The van der Waals surface area contributed by atoms with Crippen LogP contribution in [0.3, 0.4) is 0 Å². The van der Waals surface area contributed by atoms with Crippen LogP contribution in [0.2, 0.25) is 0 Å². The molecule has 1 rings (SSSR count). The van der Waals surface area contributed by atoms with Crippen LogP contribution in [0.15, 0.2) is 24.3 Å². The Morgan fingerprint density at radius 3 is 2.42 bits per heavy atom. The molecule has 6 heteroatoms. The molecule has 0 aliphatic carbocycles. The molecule has 0 unspecified atom stereocenters. The monoisotopic (exact) mass is 261 g/mol. The van der Waals surface area contributed by atoms with Crippen LogP contribution < -0.4 is 15.4 Å². The lowest BCUT2D eigenvalue weighted by Crippen LogP contribution is -2.35. The van der Waals surface area contributed by atoms with Crippen molar-refractivity contribution in [3.05, 3.63) is 24.3 Å². The first-order valence-electron chi connectivity index (χ1n) is 5.75. The lowest BCUT2D eigenvalue weighted by molar-refractivity contribution is -0.136. The predicted molar refractivity (Wildman–Crippen MR) is 69.5 cm³/mol. The highest BCUT2D eigenvalue weighted by molar-refractivity contribution is 6.39. The van der Waals surface area contributed by atoms with E-state index in [1.54, 1.807) is 30.3 Å². The number of benzene rings is 1. The smallest absolute Gasteiger partial charge is 0.313 e. The molecular formula is C13H15N3O3. The minimum Gasteiger partial charge on any atom is -0.491 e. The molecule has 0 aromatic heterocycles. The lowest BCUT2D eigenvalue weighted by Gasteiger charge is -2.10. The summed E-state index contributed by atoms with van der Waals surface area (Å²) < 4.78 is 5.45. The predicted octanol–water partition coefficient (Wildman–Crippen LogP) is 1.05. The van der Waals surface area contributed by atoms with Gasteiger partial charge in [-0.3, -0.25) is 9.59 Å². The SMILES string of the molecule is CC(C)Oc1ccc(NC(=O)C(=O)NCC#N)cc1. The van der Waals surface area contributed by atoms with E-state index in [2.05, 4.69) is 10.6 Å². The summed E-state index contributed by atoms with van der Waals surface area (Å²) in [6.07, 6.45) is 0.0669. The summed E-state index contributed by atoms with van der Waals surface area (Å²) in [6, 6.07) is 8.37. The van der Waals surface area contributed by atoms with Crippen LogP contribution in [-0.4, -0.2) is 24.5 Å². The molecule has 2 amide bonds. The molecular weight excluding hydrogens is 246 g/mol. The summed E-state index contributed by atoms with van der Waals surface area (Å²) in [4.78, 5) is 22.6. The Bertz CT molecular complexity index is 489.